The van der Waals surface area contributed by atoms with E-state index in [-0.39, 0.29) is 11.7 Å². The maximum absolute atomic E-state index is 12.0. The number of aryl methyl sites for hydroxylation is 2. The molecule has 0 aromatic heterocycles. The van der Waals surface area contributed by atoms with Gasteiger partial charge in [-0.2, -0.15) is 0 Å². The Bertz CT molecular complexity index is 380. The number of nitrogens with two attached hydrogens (primary N) is 1. The van der Waals surface area contributed by atoms with Crippen molar-refractivity contribution in [3.05, 3.63) is 28.8 Å². The minimum Gasteiger partial charge on any atom is -0.399 e. The zero-order chi connectivity index (χ0) is 11.6. The molecule has 2 nitrogen and oxygen atoms in total. The summed E-state index contributed by atoms with van der Waals surface area (Å²) in [7, 11) is 0. The molecular formula is C13H19NO. The second-order valence-corrected chi connectivity index (χ2v) is 4.24. The lowest BCUT2D eigenvalue weighted by atomic mass is 9.91. The van der Waals surface area contributed by atoms with Crippen molar-refractivity contribution in [2.75, 3.05) is 5.73 Å². The Hall–Kier alpha value is -1.31. The van der Waals surface area contributed by atoms with E-state index >= 15 is 0 Å². The average molecular weight is 205 g/mol. The van der Waals surface area contributed by atoms with E-state index in [1.807, 2.05) is 39.8 Å². The zero-order valence-electron chi connectivity index (χ0n) is 9.92. The normalized spacial score (nSPS) is 10.7. The highest BCUT2D eigenvalue weighted by Gasteiger charge is 2.16. The maximum atomic E-state index is 12.0. The molecule has 0 radical (unpaired) electrons. The fourth-order valence-electron chi connectivity index (χ4n) is 1.81. The van der Waals surface area contributed by atoms with Crippen molar-refractivity contribution in [2.45, 2.75) is 34.1 Å². The zero-order valence-corrected chi connectivity index (χ0v) is 9.92. The third-order valence-electron chi connectivity index (χ3n) is 2.59. The average Bonchev–Trinajstić information content (AvgIpc) is 2.15. The van der Waals surface area contributed by atoms with Gasteiger partial charge in [-0.05, 0) is 36.6 Å². The summed E-state index contributed by atoms with van der Waals surface area (Å²) in [5, 5.41) is 0. The number of nitrogen functional groups attached to an aromatic ring is 1. The van der Waals surface area contributed by atoms with Crippen molar-refractivity contribution in [1.29, 1.82) is 0 Å². The molecule has 0 atom stereocenters. The smallest absolute Gasteiger partial charge is 0.165 e. The summed E-state index contributed by atoms with van der Waals surface area (Å²) in [6.45, 7) is 7.85. The molecule has 0 aliphatic carbocycles. The summed E-state index contributed by atoms with van der Waals surface area (Å²) in [4.78, 5) is 12.0. The Morgan fingerprint density at radius 2 is 2.00 bits per heavy atom. The van der Waals surface area contributed by atoms with E-state index in [0.717, 1.165) is 28.8 Å². The van der Waals surface area contributed by atoms with Gasteiger partial charge in [-0.3, -0.25) is 4.79 Å². The Balaban J connectivity index is 3.33. The van der Waals surface area contributed by atoms with Crippen LogP contribution < -0.4 is 5.73 Å². The quantitative estimate of drug-likeness (QED) is 0.609. The monoisotopic (exact) mass is 205 g/mol. The second-order valence-electron chi connectivity index (χ2n) is 4.24. The third kappa shape index (κ3) is 2.38. The van der Waals surface area contributed by atoms with Crippen LogP contribution in [0.3, 0.4) is 0 Å². The summed E-state index contributed by atoms with van der Waals surface area (Å²) in [5.74, 6) is 0.252. The Kier molecular flexibility index (Phi) is 3.51. The van der Waals surface area contributed by atoms with Crippen molar-refractivity contribution >= 4 is 11.5 Å². The van der Waals surface area contributed by atoms with Crippen LogP contribution in [0.5, 0.6) is 0 Å². The van der Waals surface area contributed by atoms with E-state index in [1.54, 1.807) is 0 Å². The van der Waals surface area contributed by atoms with Gasteiger partial charge in [0.2, 0.25) is 0 Å². The number of carbonyl (C=O) groups excluding carboxylic acids is 1. The van der Waals surface area contributed by atoms with Gasteiger partial charge in [0, 0.05) is 17.2 Å². The summed E-state index contributed by atoms with van der Waals surface area (Å²) in [6, 6.07) is 3.78. The molecule has 2 heteroatoms. The number of benzene rings is 1. The SMILES string of the molecule is CCc1cc(N)cc(C)c1C(=O)C(C)C. The Morgan fingerprint density at radius 1 is 1.40 bits per heavy atom. The molecule has 0 aliphatic rings. The minimum atomic E-state index is 0.0395. The Labute approximate surface area is 91.5 Å². The van der Waals surface area contributed by atoms with E-state index in [4.69, 9.17) is 5.73 Å². The summed E-state index contributed by atoms with van der Waals surface area (Å²) < 4.78 is 0. The first-order chi connectivity index (χ1) is 6.97. The summed E-state index contributed by atoms with van der Waals surface area (Å²) >= 11 is 0. The van der Waals surface area contributed by atoms with E-state index in [2.05, 4.69) is 0 Å². The first-order valence-electron chi connectivity index (χ1n) is 5.40. The van der Waals surface area contributed by atoms with Crippen LogP contribution in [0.4, 0.5) is 5.69 Å². The number of Topliss-reactive ketones (excluding diaryl/α,β-unsaturated/α-hetero) is 1. The van der Waals surface area contributed by atoms with Crippen molar-refractivity contribution in [3.63, 3.8) is 0 Å². The van der Waals surface area contributed by atoms with Gasteiger partial charge in [0.25, 0.3) is 0 Å². The van der Waals surface area contributed by atoms with Gasteiger partial charge in [-0.15, -0.1) is 0 Å². The summed E-state index contributed by atoms with van der Waals surface area (Å²) in [6.07, 6.45) is 0.847. The molecule has 0 spiro atoms. The van der Waals surface area contributed by atoms with Gasteiger partial charge in [0.1, 0.15) is 0 Å². The lowest BCUT2D eigenvalue weighted by molar-refractivity contribution is 0.0938. The van der Waals surface area contributed by atoms with Crippen molar-refractivity contribution in [1.82, 2.24) is 0 Å². The molecular weight excluding hydrogens is 186 g/mol. The highest BCUT2D eigenvalue weighted by molar-refractivity contribution is 6.00. The maximum Gasteiger partial charge on any atom is 0.165 e. The van der Waals surface area contributed by atoms with E-state index in [1.165, 1.54) is 0 Å². The van der Waals surface area contributed by atoms with Crippen LogP contribution in [0.15, 0.2) is 12.1 Å². The summed E-state index contributed by atoms with van der Waals surface area (Å²) in [5.41, 5.74) is 9.42. The predicted molar refractivity (Wildman–Crippen MR) is 64.1 cm³/mol. The largest absolute Gasteiger partial charge is 0.399 e. The molecule has 0 unspecified atom stereocenters. The number of ketones is 1. The minimum absolute atomic E-state index is 0.0395. The van der Waals surface area contributed by atoms with Gasteiger partial charge in [0.15, 0.2) is 5.78 Å². The molecule has 15 heavy (non-hydrogen) atoms. The van der Waals surface area contributed by atoms with Crippen LogP contribution in [-0.4, -0.2) is 5.78 Å². The highest BCUT2D eigenvalue weighted by Crippen LogP contribution is 2.22. The lowest BCUT2D eigenvalue weighted by Gasteiger charge is -2.13. The molecule has 0 aliphatic heterocycles. The second kappa shape index (κ2) is 4.47. The van der Waals surface area contributed by atoms with E-state index < -0.39 is 0 Å². The number of hydrogen-bond donors (Lipinski definition) is 1. The van der Waals surface area contributed by atoms with Gasteiger partial charge in [-0.1, -0.05) is 20.8 Å². The molecule has 0 saturated carbocycles. The molecule has 2 N–H and O–H groups in total. The van der Waals surface area contributed by atoms with Gasteiger partial charge >= 0.3 is 0 Å². The fraction of sp³-hybridized carbons (Fsp3) is 0.462. The molecule has 0 heterocycles. The van der Waals surface area contributed by atoms with Gasteiger partial charge in [-0.25, -0.2) is 0 Å². The topological polar surface area (TPSA) is 43.1 Å². The molecule has 1 rings (SSSR count). The first kappa shape index (κ1) is 11.8. The molecule has 82 valence electrons. The van der Waals surface area contributed by atoms with E-state index in [9.17, 15) is 4.79 Å². The van der Waals surface area contributed by atoms with Crippen LogP contribution in [0.1, 0.15) is 42.3 Å². The fourth-order valence-corrected chi connectivity index (χ4v) is 1.81. The highest BCUT2D eigenvalue weighted by atomic mass is 16.1. The van der Waals surface area contributed by atoms with Crippen LogP contribution in [-0.2, 0) is 6.42 Å². The van der Waals surface area contributed by atoms with Crippen molar-refractivity contribution in [3.8, 4) is 0 Å². The number of anilines is 1. The molecule has 1 aromatic rings. The van der Waals surface area contributed by atoms with E-state index in [0.29, 0.717) is 0 Å². The van der Waals surface area contributed by atoms with Crippen LogP contribution >= 0.6 is 0 Å². The lowest BCUT2D eigenvalue weighted by Crippen LogP contribution is -2.12. The molecule has 0 saturated heterocycles. The number of rotatable bonds is 3. The van der Waals surface area contributed by atoms with Crippen LogP contribution in [0, 0.1) is 12.8 Å². The van der Waals surface area contributed by atoms with Crippen molar-refractivity contribution < 1.29 is 4.79 Å². The first-order valence-corrected chi connectivity index (χ1v) is 5.40. The van der Waals surface area contributed by atoms with Crippen molar-refractivity contribution in [2.24, 2.45) is 5.92 Å². The number of hydrogen-bond acceptors (Lipinski definition) is 2. The van der Waals surface area contributed by atoms with Gasteiger partial charge < -0.3 is 5.73 Å². The molecule has 0 amide bonds. The molecule has 0 bridgehead atoms. The van der Waals surface area contributed by atoms with Gasteiger partial charge in [0.05, 0.1) is 0 Å². The predicted octanol–water partition coefficient (Wildman–Crippen LogP) is 2.98. The standard InChI is InChI=1S/C13H19NO/c1-5-10-7-11(14)6-9(4)12(10)13(15)8(2)3/h6-8H,5,14H2,1-4H3. The van der Waals surface area contributed by atoms with Crippen LogP contribution in [0.25, 0.3) is 0 Å². The third-order valence-corrected chi connectivity index (χ3v) is 2.59. The molecule has 0 fully saturated rings. The number of carbonyl (C=O) groups is 1. The molecule has 1 aromatic carbocycles. The van der Waals surface area contributed by atoms with Crippen LogP contribution in [0.2, 0.25) is 0 Å². The Morgan fingerprint density at radius 3 is 2.47 bits per heavy atom.